The second-order valence-electron chi connectivity index (χ2n) is 5.05. The Bertz CT molecular complexity index is 526. The van der Waals surface area contributed by atoms with Gasteiger partial charge in [0.2, 0.25) is 0 Å². The molecule has 1 N–H and O–H groups in total. The van der Waals surface area contributed by atoms with E-state index in [0.717, 1.165) is 18.3 Å². The molecule has 18 heavy (non-hydrogen) atoms. The molecule has 2 nitrogen and oxygen atoms in total. The third-order valence-electron chi connectivity index (χ3n) is 3.69. The molecule has 0 aliphatic carbocycles. The molecule has 1 aromatic heterocycles. The predicted molar refractivity (Wildman–Crippen MR) is 80.1 cm³/mol. The molecule has 0 bridgehead atoms. The molecule has 1 atom stereocenters. The fourth-order valence-electron chi connectivity index (χ4n) is 2.74. The lowest BCUT2D eigenvalue weighted by Crippen LogP contribution is -2.22. The van der Waals surface area contributed by atoms with Gasteiger partial charge in [0.15, 0.2) is 0 Å². The molecule has 1 unspecified atom stereocenters. The van der Waals surface area contributed by atoms with Crippen LogP contribution in [0, 0.1) is 0 Å². The van der Waals surface area contributed by atoms with Crippen LogP contribution in [0.1, 0.15) is 18.4 Å². The maximum atomic E-state index is 3.61. The summed E-state index contributed by atoms with van der Waals surface area (Å²) in [5.74, 6) is 1.35. The van der Waals surface area contributed by atoms with Gasteiger partial charge in [0.05, 0.1) is 0 Å². The van der Waals surface area contributed by atoms with Crippen molar-refractivity contribution in [3.8, 4) is 0 Å². The smallest absolute Gasteiger partial charge is 0.0481 e. The summed E-state index contributed by atoms with van der Waals surface area (Å²) in [5.41, 5.74) is 2.74. The van der Waals surface area contributed by atoms with Gasteiger partial charge in [-0.05, 0) is 30.2 Å². The van der Waals surface area contributed by atoms with E-state index in [1.54, 1.807) is 0 Å². The number of thioether (sulfide) groups is 1. The van der Waals surface area contributed by atoms with Crippen molar-refractivity contribution >= 4 is 22.7 Å². The molecular formula is C15H20N2S. The van der Waals surface area contributed by atoms with E-state index in [9.17, 15) is 0 Å². The normalized spacial score (nSPS) is 19.7. The van der Waals surface area contributed by atoms with Crippen molar-refractivity contribution in [1.29, 1.82) is 0 Å². The van der Waals surface area contributed by atoms with E-state index < -0.39 is 0 Å². The van der Waals surface area contributed by atoms with Crippen LogP contribution in [-0.4, -0.2) is 22.1 Å². The van der Waals surface area contributed by atoms with E-state index in [2.05, 4.69) is 59.2 Å². The molecule has 0 saturated carbocycles. The summed E-state index contributed by atoms with van der Waals surface area (Å²) < 4.78 is 2.22. The zero-order valence-corrected chi connectivity index (χ0v) is 11.7. The van der Waals surface area contributed by atoms with Gasteiger partial charge in [0.1, 0.15) is 0 Å². The summed E-state index contributed by atoms with van der Waals surface area (Å²) in [6, 6.07) is 8.63. The van der Waals surface area contributed by atoms with Crippen LogP contribution in [0.2, 0.25) is 0 Å². The number of fused-ring (bicyclic) bond motifs is 1. The minimum absolute atomic E-state index is 0.833. The minimum Gasteiger partial charge on any atom is -0.350 e. The van der Waals surface area contributed by atoms with Crippen molar-refractivity contribution in [2.75, 3.05) is 12.3 Å². The van der Waals surface area contributed by atoms with Crippen LogP contribution in [0.3, 0.4) is 0 Å². The maximum Gasteiger partial charge on any atom is 0.0481 e. The first-order valence-corrected chi connectivity index (χ1v) is 7.75. The van der Waals surface area contributed by atoms with E-state index in [1.807, 2.05) is 0 Å². The number of para-hydroxylation sites is 1. The summed E-state index contributed by atoms with van der Waals surface area (Å²) in [7, 11) is 2.12. The molecule has 96 valence electrons. The van der Waals surface area contributed by atoms with E-state index in [4.69, 9.17) is 0 Å². The average Bonchev–Trinajstić information content (AvgIpc) is 3.00. The van der Waals surface area contributed by atoms with Gasteiger partial charge in [-0.1, -0.05) is 18.2 Å². The van der Waals surface area contributed by atoms with E-state index in [-0.39, 0.29) is 0 Å². The predicted octanol–water partition coefficient (Wildman–Crippen LogP) is 3.16. The third kappa shape index (κ3) is 2.43. The lowest BCUT2D eigenvalue weighted by atomic mass is 10.2. The summed E-state index contributed by atoms with van der Waals surface area (Å²) in [5, 5.41) is 5.83. The molecule has 2 aromatic rings. The summed E-state index contributed by atoms with van der Waals surface area (Å²) in [6.45, 7) is 2.13. The molecule has 1 aromatic carbocycles. The number of nitrogens with zero attached hydrogens (tertiary/aromatic N) is 1. The van der Waals surface area contributed by atoms with E-state index in [0.29, 0.717) is 0 Å². The second kappa shape index (κ2) is 5.37. The fraction of sp³-hybridized carbons (Fsp3) is 0.467. The molecule has 3 heteroatoms. The summed E-state index contributed by atoms with van der Waals surface area (Å²) >= 11 is 2.12. The zero-order valence-electron chi connectivity index (χ0n) is 10.9. The van der Waals surface area contributed by atoms with Crippen LogP contribution in [-0.2, 0) is 13.6 Å². The van der Waals surface area contributed by atoms with E-state index in [1.165, 1.54) is 35.1 Å². The van der Waals surface area contributed by atoms with Crippen molar-refractivity contribution in [3.63, 3.8) is 0 Å². The highest BCUT2D eigenvalue weighted by molar-refractivity contribution is 8.00. The van der Waals surface area contributed by atoms with Gasteiger partial charge in [-0.3, -0.25) is 0 Å². The third-order valence-corrected chi connectivity index (χ3v) is 5.09. The fourth-order valence-corrected chi connectivity index (χ4v) is 3.98. The highest BCUT2D eigenvalue weighted by Crippen LogP contribution is 2.25. The number of hydrogen-bond donors (Lipinski definition) is 1. The first-order chi connectivity index (χ1) is 8.84. The topological polar surface area (TPSA) is 17.0 Å². The van der Waals surface area contributed by atoms with Crippen molar-refractivity contribution in [2.45, 2.75) is 24.6 Å². The number of aromatic nitrogens is 1. The van der Waals surface area contributed by atoms with Gasteiger partial charge in [0.25, 0.3) is 0 Å². The van der Waals surface area contributed by atoms with Gasteiger partial charge in [0, 0.05) is 42.5 Å². The van der Waals surface area contributed by atoms with Crippen LogP contribution in [0.5, 0.6) is 0 Å². The molecule has 1 aliphatic rings. The molecule has 1 aliphatic heterocycles. The lowest BCUT2D eigenvalue weighted by Gasteiger charge is -2.09. The Balaban J connectivity index is 1.67. The SMILES string of the molecule is Cn1cc(CNCC2CCCS2)c2ccccc21. The van der Waals surface area contributed by atoms with Crippen LogP contribution < -0.4 is 5.32 Å². The number of hydrogen-bond acceptors (Lipinski definition) is 2. The monoisotopic (exact) mass is 260 g/mol. The molecule has 2 heterocycles. The Labute approximate surface area is 113 Å². The van der Waals surface area contributed by atoms with Crippen molar-refractivity contribution < 1.29 is 0 Å². The quantitative estimate of drug-likeness (QED) is 0.909. The largest absolute Gasteiger partial charge is 0.350 e. The van der Waals surface area contributed by atoms with Crippen molar-refractivity contribution in [3.05, 3.63) is 36.0 Å². The van der Waals surface area contributed by atoms with Crippen LogP contribution in [0.4, 0.5) is 0 Å². The standard InChI is InChI=1S/C15H20N2S/c1-17-11-12(14-6-2-3-7-15(14)17)9-16-10-13-5-4-8-18-13/h2-3,6-7,11,13,16H,4-5,8-10H2,1H3. The Morgan fingerprint density at radius 3 is 3.11 bits per heavy atom. The molecule has 1 fully saturated rings. The maximum absolute atomic E-state index is 3.61. The second-order valence-corrected chi connectivity index (χ2v) is 6.46. The van der Waals surface area contributed by atoms with Crippen LogP contribution in [0.15, 0.2) is 30.5 Å². The molecule has 1 saturated heterocycles. The molecule has 0 radical (unpaired) electrons. The van der Waals surface area contributed by atoms with Gasteiger partial charge in [-0.2, -0.15) is 11.8 Å². The minimum atomic E-state index is 0.833. The Kier molecular flexibility index (Phi) is 3.62. The number of benzene rings is 1. The first-order valence-electron chi connectivity index (χ1n) is 6.70. The van der Waals surface area contributed by atoms with Crippen LogP contribution in [0.25, 0.3) is 10.9 Å². The van der Waals surface area contributed by atoms with Gasteiger partial charge >= 0.3 is 0 Å². The zero-order chi connectivity index (χ0) is 12.4. The Morgan fingerprint density at radius 1 is 1.39 bits per heavy atom. The molecule has 0 amide bonds. The van der Waals surface area contributed by atoms with Crippen LogP contribution >= 0.6 is 11.8 Å². The van der Waals surface area contributed by atoms with Gasteiger partial charge < -0.3 is 9.88 Å². The highest BCUT2D eigenvalue weighted by Gasteiger charge is 2.15. The Morgan fingerprint density at radius 2 is 2.28 bits per heavy atom. The van der Waals surface area contributed by atoms with Gasteiger partial charge in [-0.15, -0.1) is 0 Å². The number of rotatable bonds is 4. The molecule has 0 spiro atoms. The highest BCUT2D eigenvalue weighted by atomic mass is 32.2. The Hall–Kier alpha value is -0.930. The summed E-state index contributed by atoms with van der Waals surface area (Å²) in [4.78, 5) is 0. The average molecular weight is 260 g/mol. The van der Waals surface area contributed by atoms with Crippen molar-refractivity contribution in [2.24, 2.45) is 7.05 Å². The van der Waals surface area contributed by atoms with Crippen molar-refractivity contribution in [1.82, 2.24) is 9.88 Å². The lowest BCUT2D eigenvalue weighted by molar-refractivity contribution is 0.647. The van der Waals surface area contributed by atoms with E-state index >= 15 is 0 Å². The summed E-state index contributed by atoms with van der Waals surface area (Å²) in [6.07, 6.45) is 5.03. The van der Waals surface area contributed by atoms with Gasteiger partial charge in [-0.25, -0.2) is 0 Å². The molecule has 3 rings (SSSR count). The molecular weight excluding hydrogens is 240 g/mol. The number of nitrogens with one attached hydrogen (secondary N) is 1. The first kappa shape index (κ1) is 12.1. The number of aryl methyl sites for hydroxylation is 1.